The van der Waals surface area contributed by atoms with Crippen LogP contribution in [0, 0.1) is 11.6 Å². The first-order valence-corrected chi connectivity index (χ1v) is 11.7. The molecule has 1 amide bonds. The highest BCUT2D eigenvalue weighted by Crippen LogP contribution is 2.32. The molecule has 0 unspecified atom stereocenters. The molecule has 1 aromatic heterocycles. The summed E-state index contributed by atoms with van der Waals surface area (Å²) in [5.74, 6) is -2.17. The van der Waals surface area contributed by atoms with Gasteiger partial charge in [-0.25, -0.2) is 8.78 Å². The Hall–Kier alpha value is -4.12. The zero-order chi connectivity index (χ0) is 26.9. The molecule has 38 heavy (non-hydrogen) atoms. The van der Waals surface area contributed by atoms with Crippen molar-refractivity contribution in [3.8, 4) is 22.8 Å². The number of hydrogen-bond acceptors (Lipinski definition) is 5. The molecule has 4 aromatic rings. The van der Waals surface area contributed by atoms with Crippen molar-refractivity contribution in [2.24, 2.45) is 0 Å². The van der Waals surface area contributed by atoms with Crippen LogP contribution in [-0.4, -0.2) is 52.0 Å². The fourth-order valence-corrected chi connectivity index (χ4v) is 4.27. The largest absolute Gasteiger partial charge is 0.416 e. The smallest absolute Gasteiger partial charge is 0.336 e. The summed E-state index contributed by atoms with van der Waals surface area (Å²) in [7, 11) is 0. The van der Waals surface area contributed by atoms with Crippen molar-refractivity contribution >= 4 is 5.91 Å². The maximum absolute atomic E-state index is 13.5. The Kier molecular flexibility index (Phi) is 6.94. The Morgan fingerprint density at radius 3 is 2.34 bits per heavy atom. The van der Waals surface area contributed by atoms with Crippen molar-refractivity contribution in [1.29, 1.82) is 0 Å². The summed E-state index contributed by atoms with van der Waals surface area (Å²) in [6, 6.07) is 15.2. The third kappa shape index (κ3) is 5.57. The number of halogens is 5. The van der Waals surface area contributed by atoms with Gasteiger partial charge in [-0.05, 0) is 48.0 Å². The van der Waals surface area contributed by atoms with Crippen LogP contribution in [0.3, 0.4) is 0 Å². The Balaban J connectivity index is 1.22. The summed E-state index contributed by atoms with van der Waals surface area (Å²) in [6.45, 7) is 2.62. The number of benzene rings is 3. The normalized spacial score (nSPS) is 14.6. The minimum atomic E-state index is -4.48. The molecular formula is C27H21F5N4O2. The highest BCUT2D eigenvalue weighted by atomic mass is 19.4. The lowest BCUT2D eigenvalue weighted by atomic mass is 10.1. The zero-order valence-corrected chi connectivity index (χ0v) is 19.9. The summed E-state index contributed by atoms with van der Waals surface area (Å²) < 4.78 is 71.0. The Morgan fingerprint density at radius 2 is 1.61 bits per heavy atom. The first-order chi connectivity index (χ1) is 18.2. The van der Waals surface area contributed by atoms with E-state index in [0.29, 0.717) is 38.3 Å². The molecule has 0 radical (unpaired) electrons. The van der Waals surface area contributed by atoms with Crippen molar-refractivity contribution in [2.75, 3.05) is 26.2 Å². The highest BCUT2D eigenvalue weighted by Gasteiger charge is 2.31. The molecule has 0 saturated carbocycles. The maximum atomic E-state index is 13.5. The molecule has 6 nitrogen and oxygen atoms in total. The molecule has 1 aliphatic rings. The van der Waals surface area contributed by atoms with Crippen LogP contribution < -0.4 is 0 Å². The number of rotatable bonds is 5. The predicted octanol–water partition coefficient (Wildman–Crippen LogP) is 5.66. The molecule has 196 valence electrons. The quantitative estimate of drug-likeness (QED) is 0.313. The summed E-state index contributed by atoms with van der Waals surface area (Å²) in [5, 5.41) is 3.94. The maximum Gasteiger partial charge on any atom is 0.416 e. The van der Waals surface area contributed by atoms with Crippen LogP contribution in [0.15, 0.2) is 71.3 Å². The van der Waals surface area contributed by atoms with Gasteiger partial charge in [0, 0.05) is 49.4 Å². The number of piperazine rings is 1. The SMILES string of the molecule is O=C(c1ccc(F)c(F)c1)N1CCN(Cc2cccc(-c3noc(-c4cccc(C(F)(F)F)c4)n3)c2)CC1. The number of carbonyl (C=O) groups is 1. The van der Waals surface area contributed by atoms with E-state index in [0.717, 1.165) is 29.8 Å². The fourth-order valence-electron chi connectivity index (χ4n) is 4.27. The molecule has 2 heterocycles. The molecule has 1 saturated heterocycles. The van der Waals surface area contributed by atoms with E-state index in [1.54, 1.807) is 11.0 Å². The van der Waals surface area contributed by atoms with Gasteiger partial charge >= 0.3 is 6.18 Å². The van der Waals surface area contributed by atoms with Crippen LogP contribution in [0.1, 0.15) is 21.5 Å². The van der Waals surface area contributed by atoms with E-state index in [4.69, 9.17) is 4.52 Å². The van der Waals surface area contributed by atoms with Crippen LogP contribution in [0.2, 0.25) is 0 Å². The van der Waals surface area contributed by atoms with Crippen molar-refractivity contribution in [1.82, 2.24) is 19.9 Å². The van der Waals surface area contributed by atoms with Gasteiger partial charge in [0.15, 0.2) is 11.6 Å². The van der Waals surface area contributed by atoms with E-state index in [9.17, 15) is 26.7 Å². The van der Waals surface area contributed by atoms with Crippen molar-refractivity contribution in [3.63, 3.8) is 0 Å². The Bertz CT molecular complexity index is 1460. The van der Waals surface area contributed by atoms with E-state index in [-0.39, 0.29) is 28.7 Å². The fraction of sp³-hybridized carbons (Fsp3) is 0.222. The molecular weight excluding hydrogens is 507 g/mol. The van der Waals surface area contributed by atoms with Crippen molar-refractivity contribution in [2.45, 2.75) is 12.7 Å². The molecule has 5 rings (SSSR count). The monoisotopic (exact) mass is 528 g/mol. The molecule has 1 aliphatic heterocycles. The van der Waals surface area contributed by atoms with E-state index in [1.165, 1.54) is 18.2 Å². The van der Waals surface area contributed by atoms with Crippen LogP contribution >= 0.6 is 0 Å². The minimum Gasteiger partial charge on any atom is -0.336 e. The van der Waals surface area contributed by atoms with Gasteiger partial charge in [0.05, 0.1) is 5.56 Å². The average Bonchev–Trinajstić information content (AvgIpc) is 3.41. The molecule has 0 bridgehead atoms. The Morgan fingerprint density at radius 1 is 0.868 bits per heavy atom. The topological polar surface area (TPSA) is 62.5 Å². The molecule has 11 heteroatoms. The first kappa shape index (κ1) is 25.5. The van der Waals surface area contributed by atoms with Crippen LogP contribution in [0.4, 0.5) is 22.0 Å². The lowest BCUT2D eigenvalue weighted by molar-refractivity contribution is -0.137. The molecule has 1 fully saturated rings. The third-order valence-corrected chi connectivity index (χ3v) is 6.28. The van der Waals surface area contributed by atoms with Gasteiger partial charge in [-0.15, -0.1) is 0 Å². The van der Waals surface area contributed by atoms with E-state index >= 15 is 0 Å². The van der Waals surface area contributed by atoms with Gasteiger partial charge in [-0.3, -0.25) is 9.69 Å². The molecule has 0 spiro atoms. The van der Waals surface area contributed by atoms with Gasteiger partial charge in [-0.2, -0.15) is 18.2 Å². The Labute approximate surface area is 214 Å². The molecule has 0 atom stereocenters. The molecule has 0 N–H and O–H groups in total. The average molecular weight is 528 g/mol. The lowest BCUT2D eigenvalue weighted by Crippen LogP contribution is -2.48. The second-order valence-electron chi connectivity index (χ2n) is 8.90. The van der Waals surface area contributed by atoms with E-state index in [1.807, 2.05) is 18.2 Å². The summed E-state index contributed by atoms with van der Waals surface area (Å²) in [4.78, 5) is 20.7. The van der Waals surface area contributed by atoms with Crippen LogP contribution in [0.5, 0.6) is 0 Å². The zero-order valence-electron chi connectivity index (χ0n) is 19.9. The van der Waals surface area contributed by atoms with Gasteiger partial charge in [-0.1, -0.05) is 29.4 Å². The molecule has 3 aromatic carbocycles. The van der Waals surface area contributed by atoms with Gasteiger partial charge in [0.25, 0.3) is 11.8 Å². The third-order valence-electron chi connectivity index (χ3n) is 6.28. The number of nitrogens with zero attached hydrogens (tertiary/aromatic N) is 4. The van der Waals surface area contributed by atoms with E-state index in [2.05, 4.69) is 15.0 Å². The summed E-state index contributed by atoms with van der Waals surface area (Å²) in [5.41, 5.74) is 1.08. The number of amides is 1. The molecule has 0 aliphatic carbocycles. The van der Waals surface area contributed by atoms with Gasteiger partial charge in [0.2, 0.25) is 5.82 Å². The second-order valence-corrected chi connectivity index (χ2v) is 8.90. The minimum absolute atomic E-state index is 0.0154. The van der Waals surface area contributed by atoms with Crippen LogP contribution in [-0.2, 0) is 12.7 Å². The highest BCUT2D eigenvalue weighted by molar-refractivity contribution is 5.94. The van der Waals surface area contributed by atoms with E-state index < -0.39 is 23.4 Å². The summed E-state index contributed by atoms with van der Waals surface area (Å²) in [6.07, 6.45) is -4.48. The number of carbonyl (C=O) groups excluding carboxylic acids is 1. The first-order valence-electron chi connectivity index (χ1n) is 11.7. The second kappa shape index (κ2) is 10.3. The summed E-state index contributed by atoms with van der Waals surface area (Å²) >= 11 is 0. The predicted molar refractivity (Wildman–Crippen MR) is 128 cm³/mol. The van der Waals surface area contributed by atoms with Crippen molar-refractivity contribution < 1.29 is 31.3 Å². The number of hydrogen-bond donors (Lipinski definition) is 0. The van der Waals surface area contributed by atoms with Crippen LogP contribution in [0.25, 0.3) is 22.8 Å². The number of aromatic nitrogens is 2. The van der Waals surface area contributed by atoms with Gasteiger partial charge in [0.1, 0.15) is 0 Å². The standard InChI is InChI=1S/C27H21F5N4O2/c28-22-8-7-20(15-23(22)29)26(37)36-11-9-35(10-12-36)16-17-3-1-4-18(13-17)24-33-25(38-34-24)19-5-2-6-21(14-19)27(30,31)32/h1-8,13-15H,9-12,16H2. The van der Waals surface area contributed by atoms with Crippen molar-refractivity contribution in [3.05, 3.63) is 95.1 Å². The number of alkyl halides is 3. The lowest BCUT2D eigenvalue weighted by Gasteiger charge is -2.34. The van der Waals surface area contributed by atoms with Gasteiger partial charge < -0.3 is 9.42 Å².